The van der Waals surface area contributed by atoms with E-state index in [1.54, 1.807) is 12.1 Å². The molecule has 8 nitrogen and oxygen atoms in total. The second kappa shape index (κ2) is 8.91. The van der Waals surface area contributed by atoms with Crippen LogP contribution in [0.1, 0.15) is 18.4 Å². The Morgan fingerprint density at radius 1 is 1.00 bits per heavy atom. The molecular formula is C25H23ClF2N6O2S. The number of fused-ring (bicyclic) bond motifs is 1. The lowest BCUT2D eigenvalue weighted by atomic mass is 10.1. The van der Waals surface area contributed by atoms with Crippen molar-refractivity contribution in [1.82, 2.24) is 19.2 Å². The van der Waals surface area contributed by atoms with E-state index in [-0.39, 0.29) is 21.5 Å². The largest absolute Gasteiger partial charge is 0.348 e. The van der Waals surface area contributed by atoms with E-state index in [4.69, 9.17) is 11.6 Å². The Hall–Kier alpha value is -3.31. The molecule has 1 aliphatic heterocycles. The minimum absolute atomic E-state index is 0.0304. The molecule has 0 amide bonds. The summed E-state index contributed by atoms with van der Waals surface area (Å²) in [4.78, 5) is 12.3. The lowest BCUT2D eigenvalue weighted by molar-refractivity contribution is 0.469. The van der Waals surface area contributed by atoms with Crippen LogP contribution in [-0.4, -0.2) is 53.2 Å². The van der Waals surface area contributed by atoms with Gasteiger partial charge in [-0.1, -0.05) is 29.3 Å². The molecule has 2 aromatic heterocycles. The van der Waals surface area contributed by atoms with Gasteiger partial charge in [-0.05, 0) is 43.9 Å². The SMILES string of the molecule is Cc1ccc(S(=O)(=O)n2nc(N3CCN(c4ncc(F)cn4)CC3C3CC3)c3c(Cl)cc(F)cc32)cc1. The molecule has 0 bridgehead atoms. The topological polar surface area (TPSA) is 84.2 Å². The van der Waals surface area contributed by atoms with Crippen LogP contribution in [0.4, 0.5) is 20.5 Å². The summed E-state index contributed by atoms with van der Waals surface area (Å²) in [6.07, 6.45) is 4.31. The summed E-state index contributed by atoms with van der Waals surface area (Å²) in [5.74, 6) is 0.0314. The van der Waals surface area contributed by atoms with Crippen molar-refractivity contribution in [2.45, 2.75) is 30.7 Å². The van der Waals surface area contributed by atoms with E-state index >= 15 is 0 Å². The maximum Gasteiger partial charge on any atom is 0.283 e. The highest BCUT2D eigenvalue weighted by molar-refractivity contribution is 7.90. The molecule has 1 aliphatic carbocycles. The molecule has 1 unspecified atom stereocenters. The van der Waals surface area contributed by atoms with Gasteiger partial charge < -0.3 is 9.80 Å². The fourth-order valence-electron chi connectivity index (χ4n) is 4.92. The van der Waals surface area contributed by atoms with Crippen molar-refractivity contribution in [2.75, 3.05) is 29.4 Å². The molecule has 4 aromatic rings. The Labute approximate surface area is 217 Å². The van der Waals surface area contributed by atoms with Crippen LogP contribution < -0.4 is 9.80 Å². The predicted octanol–water partition coefficient (Wildman–Crippen LogP) is 4.41. The number of nitrogens with zero attached hydrogens (tertiary/aromatic N) is 6. The summed E-state index contributed by atoms with van der Waals surface area (Å²) < 4.78 is 56.0. The lowest BCUT2D eigenvalue weighted by Gasteiger charge is -2.42. The molecule has 6 rings (SSSR count). The molecule has 1 atom stereocenters. The average molecular weight is 545 g/mol. The fraction of sp³-hybridized carbons (Fsp3) is 0.320. The Bertz CT molecular complexity index is 1590. The van der Waals surface area contributed by atoms with Crippen LogP contribution in [0.25, 0.3) is 10.9 Å². The van der Waals surface area contributed by atoms with Crippen molar-refractivity contribution in [2.24, 2.45) is 5.92 Å². The third-order valence-corrected chi connectivity index (χ3v) is 8.84. The molecule has 2 aliphatic rings. The number of benzene rings is 2. The summed E-state index contributed by atoms with van der Waals surface area (Å²) in [7, 11) is -4.13. The highest BCUT2D eigenvalue weighted by Gasteiger charge is 2.41. The molecule has 0 N–H and O–H groups in total. The van der Waals surface area contributed by atoms with Gasteiger partial charge in [0.1, 0.15) is 5.82 Å². The van der Waals surface area contributed by atoms with E-state index in [1.807, 2.05) is 11.8 Å². The summed E-state index contributed by atoms with van der Waals surface area (Å²) in [6.45, 7) is 3.40. The lowest BCUT2D eigenvalue weighted by Crippen LogP contribution is -2.55. The van der Waals surface area contributed by atoms with Crippen molar-refractivity contribution in [3.8, 4) is 0 Å². The molecule has 3 heterocycles. The second-order valence-electron chi connectivity index (χ2n) is 9.51. The molecule has 37 heavy (non-hydrogen) atoms. The van der Waals surface area contributed by atoms with E-state index in [2.05, 4.69) is 20.0 Å². The van der Waals surface area contributed by atoms with Gasteiger partial charge in [-0.25, -0.2) is 18.7 Å². The Morgan fingerprint density at radius 3 is 2.38 bits per heavy atom. The van der Waals surface area contributed by atoms with Crippen LogP contribution in [0.3, 0.4) is 0 Å². The number of aryl methyl sites for hydroxylation is 1. The number of anilines is 2. The van der Waals surface area contributed by atoms with Gasteiger partial charge in [-0.2, -0.15) is 12.5 Å². The van der Waals surface area contributed by atoms with Crippen LogP contribution in [0, 0.1) is 24.5 Å². The van der Waals surface area contributed by atoms with Crippen molar-refractivity contribution >= 4 is 44.3 Å². The Kier molecular flexibility index (Phi) is 5.79. The second-order valence-corrected chi connectivity index (χ2v) is 11.7. The van der Waals surface area contributed by atoms with Crippen LogP contribution in [0.2, 0.25) is 5.02 Å². The number of hydrogen-bond donors (Lipinski definition) is 0. The first-order valence-electron chi connectivity index (χ1n) is 11.9. The molecule has 2 aromatic carbocycles. The number of rotatable bonds is 5. The average Bonchev–Trinajstić information content (AvgIpc) is 3.64. The molecular weight excluding hydrogens is 522 g/mol. The minimum atomic E-state index is -4.13. The maximum absolute atomic E-state index is 14.5. The summed E-state index contributed by atoms with van der Waals surface area (Å²) in [6, 6.07) is 8.71. The van der Waals surface area contributed by atoms with Crippen molar-refractivity contribution in [3.63, 3.8) is 0 Å². The summed E-state index contributed by atoms with van der Waals surface area (Å²) >= 11 is 6.52. The van der Waals surface area contributed by atoms with E-state index in [1.165, 1.54) is 18.2 Å². The smallest absolute Gasteiger partial charge is 0.283 e. The molecule has 0 spiro atoms. The monoisotopic (exact) mass is 544 g/mol. The molecule has 2 fully saturated rings. The zero-order valence-corrected chi connectivity index (χ0v) is 21.4. The first kappa shape index (κ1) is 24.1. The third kappa shape index (κ3) is 4.29. The van der Waals surface area contributed by atoms with Crippen LogP contribution >= 0.6 is 11.6 Å². The third-order valence-electron chi connectivity index (χ3n) is 6.94. The van der Waals surface area contributed by atoms with Gasteiger partial charge in [-0.3, -0.25) is 0 Å². The Balaban J connectivity index is 1.45. The van der Waals surface area contributed by atoms with Crippen molar-refractivity contribution in [3.05, 3.63) is 71.0 Å². The van der Waals surface area contributed by atoms with Crippen LogP contribution in [-0.2, 0) is 10.0 Å². The highest BCUT2D eigenvalue weighted by atomic mass is 35.5. The predicted molar refractivity (Wildman–Crippen MR) is 137 cm³/mol. The van der Waals surface area contributed by atoms with Crippen LogP contribution in [0.15, 0.2) is 53.7 Å². The summed E-state index contributed by atoms with van der Waals surface area (Å²) in [5.41, 5.74) is 0.994. The van der Waals surface area contributed by atoms with Gasteiger partial charge in [0.15, 0.2) is 11.6 Å². The van der Waals surface area contributed by atoms with Crippen molar-refractivity contribution < 1.29 is 17.2 Å². The fourth-order valence-corrected chi connectivity index (χ4v) is 6.48. The van der Waals surface area contributed by atoms with E-state index in [0.717, 1.165) is 41.0 Å². The molecule has 1 saturated heterocycles. The zero-order valence-electron chi connectivity index (χ0n) is 19.9. The van der Waals surface area contributed by atoms with Gasteiger partial charge in [0.2, 0.25) is 5.95 Å². The molecule has 1 saturated carbocycles. The van der Waals surface area contributed by atoms with E-state index in [9.17, 15) is 17.2 Å². The normalized spacial score (nSPS) is 18.5. The van der Waals surface area contributed by atoms with Gasteiger partial charge >= 0.3 is 0 Å². The van der Waals surface area contributed by atoms with Crippen LogP contribution in [0.5, 0.6) is 0 Å². The molecule has 12 heteroatoms. The number of hydrogen-bond acceptors (Lipinski definition) is 7. The van der Waals surface area contributed by atoms with Crippen molar-refractivity contribution in [1.29, 1.82) is 0 Å². The zero-order chi connectivity index (χ0) is 25.9. The number of aromatic nitrogens is 4. The molecule has 192 valence electrons. The summed E-state index contributed by atoms with van der Waals surface area (Å²) in [5, 5.41) is 5.04. The Morgan fingerprint density at radius 2 is 1.70 bits per heavy atom. The van der Waals surface area contributed by atoms with Gasteiger partial charge in [-0.15, -0.1) is 5.10 Å². The number of halogens is 3. The molecule has 0 radical (unpaired) electrons. The van der Waals surface area contributed by atoms with Gasteiger partial charge in [0, 0.05) is 25.7 Å². The van der Waals surface area contributed by atoms with Gasteiger partial charge in [0.25, 0.3) is 10.0 Å². The minimum Gasteiger partial charge on any atom is -0.348 e. The van der Waals surface area contributed by atoms with E-state index in [0.29, 0.717) is 42.7 Å². The first-order valence-corrected chi connectivity index (χ1v) is 13.7. The maximum atomic E-state index is 14.5. The number of piperazine rings is 1. The van der Waals surface area contributed by atoms with Gasteiger partial charge in [0.05, 0.1) is 39.3 Å². The van der Waals surface area contributed by atoms with E-state index < -0.39 is 21.7 Å². The standard InChI is InChI=1S/C25H23ClF2N6O2S/c1-15-2-6-19(7-3-15)37(35,36)34-21-11-17(27)10-20(26)23(21)24(31-34)33-9-8-32(14-22(33)16-4-5-16)25-29-12-18(28)13-30-25/h2-3,6-7,10-13,16,22H,4-5,8-9,14H2,1H3. The highest BCUT2D eigenvalue weighted by Crippen LogP contribution is 2.42. The first-order chi connectivity index (χ1) is 17.7. The quantitative estimate of drug-likeness (QED) is 0.368.